The molecule has 0 heterocycles. The van der Waals surface area contributed by atoms with E-state index in [-0.39, 0.29) is 5.75 Å². The number of hydrogen-bond donors (Lipinski definition) is 1. The molecule has 14 heavy (non-hydrogen) atoms. The van der Waals surface area contributed by atoms with Crippen molar-refractivity contribution in [2.45, 2.75) is 12.9 Å². The topological polar surface area (TPSA) is 21.3 Å². The molecule has 0 aliphatic heterocycles. The molecule has 0 aliphatic carbocycles. The second-order valence-electron chi connectivity index (χ2n) is 2.47. The summed E-state index contributed by atoms with van der Waals surface area (Å²) >= 11 is 1.86. The van der Waals surface area contributed by atoms with Gasteiger partial charge in [-0.1, -0.05) is 18.2 Å². The number of rotatable bonds is 3. The Morgan fingerprint density at radius 3 is 2.50 bits per heavy atom. The molecule has 0 radical (unpaired) electrons. The molecule has 1 aromatic rings. The second-order valence-corrected chi connectivity index (χ2v) is 3.23. The van der Waals surface area contributed by atoms with Crippen LogP contribution < -0.4 is 8.27 Å². The highest BCUT2D eigenvalue weighted by molar-refractivity contribution is 14.1. The molecule has 6 heteroatoms. The molecule has 1 aromatic carbocycles. The highest BCUT2D eigenvalue weighted by Crippen LogP contribution is 2.26. The largest absolute Gasteiger partial charge is 0.573 e. The van der Waals surface area contributed by atoms with E-state index < -0.39 is 6.36 Å². The van der Waals surface area contributed by atoms with Crippen LogP contribution in [-0.2, 0) is 6.54 Å². The summed E-state index contributed by atoms with van der Waals surface area (Å²) in [5.41, 5.74) is 0.472. The highest BCUT2D eigenvalue weighted by atomic mass is 127. The minimum atomic E-state index is -4.64. The van der Waals surface area contributed by atoms with Crippen LogP contribution >= 0.6 is 22.9 Å². The van der Waals surface area contributed by atoms with Gasteiger partial charge in [0.25, 0.3) is 0 Å². The lowest BCUT2D eigenvalue weighted by Gasteiger charge is -2.12. The van der Waals surface area contributed by atoms with E-state index in [2.05, 4.69) is 8.27 Å². The molecule has 1 rings (SSSR count). The zero-order valence-electron chi connectivity index (χ0n) is 6.94. The first-order valence-electron chi connectivity index (χ1n) is 3.70. The summed E-state index contributed by atoms with van der Waals surface area (Å²) in [6.45, 7) is 0.326. The highest BCUT2D eigenvalue weighted by Gasteiger charge is 2.31. The van der Waals surface area contributed by atoms with Crippen LogP contribution in [0.1, 0.15) is 5.56 Å². The fourth-order valence-corrected chi connectivity index (χ4v) is 1.36. The van der Waals surface area contributed by atoms with Crippen molar-refractivity contribution in [3.63, 3.8) is 0 Å². The van der Waals surface area contributed by atoms with E-state index in [0.29, 0.717) is 12.1 Å². The second kappa shape index (κ2) is 4.83. The van der Waals surface area contributed by atoms with Crippen molar-refractivity contribution in [3.8, 4) is 5.75 Å². The summed E-state index contributed by atoms with van der Waals surface area (Å²) in [6.07, 6.45) is -4.64. The van der Waals surface area contributed by atoms with Crippen molar-refractivity contribution in [3.05, 3.63) is 29.8 Å². The Labute approximate surface area is 92.9 Å². The number of hydrogen-bond acceptors (Lipinski definition) is 2. The van der Waals surface area contributed by atoms with Gasteiger partial charge in [0.05, 0.1) is 0 Å². The minimum absolute atomic E-state index is 0.163. The molecule has 0 aromatic heterocycles. The van der Waals surface area contributed by atoms with Crippen molar-refractivity contribution in [1.29, 1.82) is 0 Å². The summed E-state index contributed by atoms with van der Waals surface area (Å²) in [7, 11) is 0. The van der Waals surface area contributed by atoms with Gasteiger partial charge >= 0.3 is 6.36 Å². The maximum absolute atomic E-state index is 11.9. The van der Waals surface area contributed by atoms with Gasteiger partial charge < -0.3 is 4.74 Å². The zero-order chi connectivity index (χ0) is 10.6. The lowest BCUT2D eigenvalue weighted by Crippen LogP contribution is -2.18. The molecule has 2 nitrogen and oxygen atoms in total. The Bertz CT molecular complexity index is 303. The zero-order valence-corrected chi connectivity index (χ0v) is 9.09. The van der Waals surface area contributed by atoms with Crippen LogP contribution in [0.15, 0.2) is 24.3 Å². The molecule has 0 unspecified atom stereocenters. The lowest BCUT2D eigenvalue weighted by atomic mass is 10.2. The summed E-state index contributed by atoms with van der Waals surface area (Å²) < 4.78 is 42.3. The fraction of sp³-hybridized carbons (Fsp3) is 0.250. The average molecular weight is 317 g/mol. The smallest absolute Gasteiger partial charge is 0.405 e. The summed E-state index contributed by atoms with van der Waals surface area (Å²) in [5.74, 6) is -0.163. The first-order valence-corrected chi connectivity index (χ1v) is 4.78. The van der Waals surface area contributed by atoms with Gasteiger partial charge in [0.15, 0.2) is 0 Å². The molecule has 0 aliphatic rings. The molecular weight excluding hydrogens is 310 g/mol. The number of para-hydroxylation sites is 1. The van der Waals surface area contributed by atoms with Crippen molar-refractivity contribution in [2.24, 2.45) is 0 Å². The Kier molecular flexibility index (Phi) is 3.99. The van der Waals surface area contributed by atoms with Gasteiger partial charge in [-0.25, -0.2) is 0 Å². The SMILES string of the molecule is FC(F)(F)Oc1ccccc1CNI. The normalized spacial score (nSPS) is 11.4. The minimum Gasteiger partial charge on any atom is -0.405 e. The van der Waals surface area contributed by atoms with E-state index in [1.807, 2.05) is 22.9 Å². The third-order valence-electron chi connectivity index (χ3n) is 1.46. The first-order chi connectivity index (χ1) is 6.53. The van der Waals surface area contributed by atoms with Crippen LogP contribution in [0.3, 0.4) is 0 Å². The van der Waals surface area contributed by atoms with Crippen LogP contribution in [0, 0.1) is 0 Å². The third kappa shape index (κ3) is 3.70. The van der Waals surface area contributed by atoms with Gasteiger partial charge in [0, 0.05) is 35.0 Å². The number of halogens is 4. The van der Waals surface area contributed by atoms with Crippen LogP contribution in [0.2, 0.25) is 0 Å². The summed E-state index contributed by atoms with van der Waals surface area (Å²) in [4.78, 5) is 0. The maximum atomic E-state index is 11.9. The Balaban J connectivity index is 2.84. The predicted molar refractivity (Wildman–Crippen MR) is 54.0 cm³/mol. The lowest BCUT2D eigenvalue weighted by molar-refractivity contribution is -0.274. The van der Waals surface area contributed by atoms with Gasteiger partial charge in [-0.15, -0.1) is 13.2 Å². The van der Waals surface area contributed by atoms with Crippen molar-refractivity contribution in [2.75, 3.05) is 0 Å². The molecule has 0 saturated heterocycles. The third-order valence-corrected chi connectivity index (χ3v) is 1.84. The monoisotopic (exact) mass is 317 g/mol. The molecule has 0 saturated carbocycles. The molecule has 1 N–H and O–H groups in total. The molecule has 0 amide bonds. The van der Waals surface area contributed by atoms with E-state index in [0.717, 1.165) is 0 Å². The predicted octanol–water partition coefficient (Wildman–Crippen LogP) is 3.02. The fourth-order valence-electron chi connectivity index (χ4n) is 0.946. The Hall–Kier alpha value is -0.500. The molecule has 0 spiro atoms. The molecule has 78 valence electrons. The van der Waals surface area contributed by atoms with E-state index in [1.165, 1.54) is 12.1 Å². The van der Waals surface area contributed by atoms with E-state index in [9.17, 15) is 13.2 Å². The number of alkyl halides is 3. The summed E-state index contributed by atoms with van der Waals surface area (Å²) in [6, 6.07) is 6.02. The quantitative estimate of drug-likeness (QED) is 0.683. The van der Waals surface area contributed by atoms with Crippen LogP contribution in [0.4, 0.5) is 13.2 Å². The Morgan fingerprint density at radius 2 is 1.93 bits per heavy atom. The van der Waals surface area contributed by atoms with E-state index in [4.69, 9.17) is 0 Å². The molecular formula is C8H7F3INO. The van der Waals surface area contributed by atoms with Gasteiger partial charge in [0.2, 0.25) is 0 Å². The van der Waals surface area contributed by atoms with E-state index >= 15 is 0 Å². The van der Waals surface area contributed by atoms with Crippen molar-refractivity contribution in [1.82, 2.24) is 3.53 Å². The molecule has 0 fully saturated rings. The maximum Gasteiger partial charge on any atom is 0.573 e. The van der Waals surface area contributed by atoms with Gasteiger partial charge in [-0.05, 0) is 6.07 Å². The molecule has 0 atom stereocenters. The standard InChI is InChI=1S/C8H7F3INO/c9-8(10,11)14-7-4-2-1-3-6(7)5-13-12/h1-4,13H,5H2. The molecule has 0 bridgehead atoms. The number of benzene rings is 1. The average Bonchev–Trinajstić information content (AvgIpc) is 2.06. The van der Waals surface area contributed by atoms with Crippen molar-refractivity contribution >= 4 is 22.9 Å². The van der Waals surface area contributed by atoms with E-state index in [1.54, 1.807) is 12.1 Å². The number of nitrogens with one attached hydrogen (secondary N) is 1. The first kappa shape index (κ1) is 11.6. The van der Waals surface area contributed by atoms with Crippen LogP contribution in [0.25, 0.3) is 0 Å². The van der Waals surface area contributed by atoms with Gasteiger partial charge in [-0.2, -0.15) is 0 Å². The van der Waals surface area contributed by atoms with Crippen LogP contribution in [0.5, 0.6) is 5.75 Å². The Morgan fingerprint density at radius 1 is 1.29 bits per heavy atom. The van der Waals surface area contributed by atoms with Crippen LogP contribution in [-0.4, -0.2) is 6.36 Å². The van der Waals surface area contributed by atoms with Gasteiger partial charge in [0.1, 0.15) is 5.75 Å². The van der Waals surface area contributed by atoms with Crippen molar-refractivity contribution < 1.29 is 17.9 Å². The van der Waals surface area contributed by atoms with Gasteiger partial charge in [-0.3, -0.25) is 3.53 Å². The summed E-state index contributed by atoms with van der Waals surface area (Å²) in [5, 5.41) is 0. The number of ether oxygens (including phenoxy) is 1.